The molecule has 0 radical (unpaired) electrons. The molecule has 0 bridgehead atoms. The third kappa shape index (κ3) is 3.70. The van der Waals surface area contributed by atoms with Crippen LogP contribution in [-0.4, -0.2) is 14.5 Å². The lowest BCUT2D eigenvalue weighted by atomic mass is 9.70. The van der Waals surface area contributed by atoms with Crippen LogP contribution in [0, 0.1) is 0 Å². The Morgan fingerprint density at radius 2 is 1.02 bits per heavy atom. The second-order valence-corrected chi connectivity index (χ2v) is 15.9. The molecular weight excluding hydrogens is 687 g/mol. The van der Waals surface area contributed by atoms with Gasteiger partial charge in [-0.25, -0.2) is 9.97 Å². The Labute approximate surface area is 320 Å². The molecule has 0 N–H and O–H groups in total. The van der Waals surface area contributed by atoms with Gasteiger partial charge in [-0.1, -0.05) is 152 Å². The first-order chi connectivity index (χ1) is 27.3. The largest absolute Gasteiger partial charge is 0.293 e. The highest BCUT2D eigenvalue weighted by molar-refractivity contribution is 7.25. The van der Waals surface area contributed by atoms with Crippen LogP contribution in [0.4, 0.5) is 0 Å². The molecule has 254 valence electrons. The minimum atomic E-state index is -0.437. The Kier molecular flexibility index (Phi) is 5.71. The van der Waals surface area contributed by atoms with Gasteiger partial charge < -0.3 is 0 Å². The van der Waals surface area contributed by atoms with E-state index in [4.69, 9.17) is 9.97 Å². The Balaban J connectivity index is 1.16. The van der Waals surface area contributed by atoms with Crippen molar-refractivity contribution >= 4 is 64.2 Å². The van der Waals surface area contributed by atoms with Crippen LogP contribution >= 0.6 is 11.3 Å². The summed E-state index contributed by atoms with van der Waals surface area (Å²) in [6.45, 7) is 0. The van der Waals surface area contributed by atoms with Crippen LogP contribution in [0.2, 0.25) is 0 Å². The average molecular weight is 716 g/mol. The predicted octanol–water partition coefficient (Wildman–Crippen LogP) is 13.1. The average Bonchev–Trinajstić information content (AvgIpc) is 3.96. The zero-order valence-corrected chi connectivity index (χ0v) is 30.3. The highest BCUT2D eigenvalue weighted by Gasteiger charge is 2.52. The van der Waals surface area contributed by atoms with Gasteiger partial charge in [0.2, 0.25) is 0 Å². The number of fused-ring (bicyclic) bond motifs is 17. The Hall–Kier alpha value is -6.88. The predicted molar refractivity (Wildman–Crippen MR) is 228 cm³/mol. The van der Waals surface area contributed by atoms with Crippen molar-refractivity contribution in [3.63, 3.8) is 0 Å². The Morgan fingerprint density at radius 3 is 1.80 bits per heavy atom. The molecule has 0 fully saturated rings. The van der Waals surface area contributed by atoms with Crippen LogP contribution in [0.3, 0.4) is 0 Å². The molecule has 0 unspecified atom stereocenters. The van der Waals surface area contributed by atoms with Crippen LogP contribution in [0.15, 0.2) is 176 Å². The van der Waals surface area contributed by atoms with E-state index >= 15 is 0 Å². The fourth-order valence-corrected chi connectivity index (χ4v) is 11.2. The zero-order valence-electron chi connectivity index (χ0n) is 29.5. The molecule has 0 saturated heterocycles. The van der Waals surface area contributed by atoms with Gasteiger partial charge in [0, 0.05) is 26.4 Å². The minimum absolute atomic E-state index is 0.437. The summed E-state index contributed by atoms with van der Waals surface area (Å²) in [6, 6.07) is 64.5. The lowest BCUT2D eigenvalue weighted by Gasteiger charge is -2.30. The van der Waals surface area contributed by atoms with Crippen molar-refractivity contribution in [3.05, 3.63) is 198 Å². The van der Waals surface area contributed by atoms with Crippen LogP contribution < -0.4 is 0 Å². The van der Waals surface area contributed by atoms with Crippen molar-refractivity contribution in [1.29, 1.82) is 0 Å². The van der Waals surface area contributed by atoms with E-state index in [2.05, 4.69) is 180 Å². The number of benzene rings is 8. The molecule has 1 spiro atoms. The molecule has 0 saturated carbocycles. The van der Waals surface area contributed by atoms with Crippen molar-refractivity contribution in [2.24, 2.45) is 0 Å². The minimum Gasteiger partial charge on any atom is -0.293 e. The summed E-state index contributed by atoms with van der Waals surface area (Å²) in [5.74, 6) is 1.65. The SMILES string of the molecule is c1ccc2c(c1)-c1ccccc1C21c2ccccc2-c2c(-c3nc(-n4c5ccccc5c5cc6ccccc6cc54)c4c(n3)sc3ccccc34)cccc21. The summed E-state index contributed by atoms with van der Waals surface area (Å²) >= 11 is 1.75. The van der Waals surface area contributed by atoms with Crippen molar-refractivity contribution in [1.82, 2.24) is 14.5 Å². The van der Waals surface area contributed by atoms with Gasteiger partial charge in [-0.3, -0.25) is 4.57 Å². The quantitative estimate of drug-likeness (QED) is 0.178. The van der Waals surface area contributed by atoms with Crippen molar-refractivity contribution in [2.45, 2.75) is 5.41 Å². The molecule has 3 aromatic heterocycles. The number of hydrogen-bond acceptors (Lipinski definition) is 3. The van der Waals surface area contributed by atoms with Crippen LogP contribution in [0.1, 0.15) is 22.3 Å². The molecule has 0 atom stereocenters. The molecule has 13 rings (SSSR count). The Morgan fingerprint density at radius 1 is 0.436 bits per heavy atom. The van der Waals surface area contributed by atoms with Gasteiger partial charge in [0.25, 0.3) is 0 Å². The monoisotopic (exact) mass is 715 g/mol. The molecule has 2 aliphatic carbocycles. The first-order valence-corrected chi connectivity index (χ1v) is 19.7. The van der Waals surface area contributed by atoms with E-state index in [0.29, 0.717) is 0 Å². The van der Waals surface area contributed by atoms with E-state index in [1.165, 1.54) is 76.1 Å². The highest BCUT2D eigenvalue weighted by atomic mass is 32.1. The van der Waals surface area contributed by atoms with Gasteiger partial charge in [-0.15, -0.1) is 11.3 Å². The second kappa shape index (κ2) is 10.6. The number of nitrogens with zero attached hydrogens (tertiary/aromatic N) is 3. The van der Waals surface area contributed by atoms with Crippen LogP contribution in [0.5, 0.6) is 0 Å². The van der Waals surface area contributed by atoms with Gasteiger partial charge in [0.15, 0.2) is 11.6 Å². The summed E-state index contributed by atoms with van der Waals surface area (Å²) in [5, 5.41) is 7.14. The van der Waals surface area contributed by atoms with E-state index in [1.807, 2.05) is 0 Å². The van der Waals surface area contributed by atoms with Crippen LogP contribution in [0.25, 0.3) is 92.3 Å². The summed E-state index contributed by atoms with van der Waals surface area (Å²) in [6.07, 6.45) is 0. The topological polar surface area (TPSA) is 30.7 Å². The van der Waals surface area contributed by atoms with Crippen molar-refractivity contribution in [2.75, 3.05) is 0 Å². The number of para-hydroxylation sites is 1. The molecule has 4 heteroatoms. The van der Waals surface area contributed by atoms with Gasteiger partial charge in [-0.05, 0) is 79.5 Å². The third-order valence-corrected chi connectivity index (χ3v) is 13.3. The molecule has 8 aromatic carbocycles. The maximum absolute atomic E-state index is 5.73. The summed E-state index contributed by atoms with van der Waals surface area (Å²) in [7, 11) is 0. The number of hydrogen-bond donors (Lipinski definition) is 0. The Bertz CT molecular complexity index is 3410. The van der Waals surface area contributed by atoms with E-state index in [9.17, 15) is 0 Å². The van der Waals surface area contributed by atoms with E-state index < -0.39 is 5.41 Å². The molecule has 0 amide bonds. The molecule has 2 aliphatic rings. The van der Waals surface area contributed by atoms with Gasteiger partial charge in [-0.2, -0.15) is 0 Å². The molecule has 11 aromatic rings. The standard InChI is InChI=1S/C51H29N3S/c1-2-15-31-29-44-38(28-30(31)14-1)34-18-6-11-26-43(34)54(44)49-47-36-20-7-12-27-45(36)55-50(47)53-48(52-49)37-21-13-25-42-46(37)35-19-5-10-24-41(35)51(42)39-22-8-3-16-32(39)33-17-4-9-23-40(33)51/h1-29H. The molecule has 55 heavy (non-hydrogen) atoms. The molecule has 0 aliphatic heterocycles. The lowest BCUT2D eigenvalue weighted by molar-refractivity contribution is 0.794. The molecule has 3 nitrogen and oxygen atoms in total. The number of thiophene rings is 1. The fraction of sp³-hybridized carbons (Fsp3) is 0.0196. The number of aromatic nitrogens is 3. The van der Waals surface area contributed by atoms with Crippen molar-refractivity contribution < 1.29 is 0 Å². The van der Waals surface area contributed by atoms with Gasteiger partial charge in [0.05, 0.1) is 21.8 Å². The third-order valence-electron chi connectivity index (χ3n) is 12.2. The van der Waals surface area contributed by atoms with E-state index in [-0.39, 0.29) is 0 Å². The lowest BCUT2D eigenvalue weighted by Crippen LogP contribution is -2.25. The number of rotatable bonds is 2. The van der Waals surface area contributed by atoms with E-state index in [0.717, 1.165) is 38.5 Å². The summed E-state index contributed by atoms with van der Waals surface area (Å²) in [4.78, 5) is 12.2. The zero-order chi connectivity index (χ0) is 35.8. The highest BCUT2D eigenvalue weighted by Crippen LogP contribution is 2.63. The van der Waals surface area contributed by atoms with E-state index in [1.54, 1.807) is 11.3 Å². The van der Waals surface area contributed by atoms with Gasteiger partial charge >= 0.3 is 0 Å². The first-order valence-electron chi connectivity index (χ1n) is 18.8. The summed E-state index contributed by atoms with van der Waals surface area (Å²) < 4.78 is 3.60. The molecule has 3 heterocycles. The first kappa shape index (κ1) is 29.6. The maximum atomic E-state index is 5.73. The molecular formula is C51H29N3S. The normalized spacial score (nSPS) is 13.6. The van der Waals surface area contributed by atoms with Gasteiger partial charge in [0.1, 0.15) is 4.83 Å². The maximum Gasteiger partial charge on any atom is 0.163 e. The van der Waals surface area contributed by atoms with Crippen LogP contribution in [-0.2, 0) is 5.41 Å². The second-order valence-electron chi connectivity index (χ2n) is 14.8. The smallest absolute Gasteiger partial charge is 0.163 e. The summed E-state index contributed by atoms with van der Waals surface area (Å²) in [5.41, 5.74) is 13.2. The van der Waals surface area contributed by atoms with Crippen molar-refractivity contribution in [3.8, 4) is 39.5 Å². The fourth-order valence-electron chi connectivity index (χ4n) is 10.1.